The molecular weight excluding hydrogens is 272 g/mol. The third-order valence-corrected chi connectivity index (χ3v) is 2.87. The summed E-state index contributed by atoms with van der Waals surface area (Å²) in [7, 11) is 0. The average molecular weight is 290 g/mol. The van der Waals surface area contributed by atoms with Gasteiger partial charge in [-0.15, -0.1) is 0 Å². The van der Waals surface area contributed by atoms with Gasteiger partial charge in [-0.05, 0) is 13.8 Å². The molecule has 0 radical (unpaired) electrons. The summed E-state index contributed by atoms with van der Waals surface area (Å²) < 4.78 is 11.1. The van der Waals surface area contributed by atoms with Gasteiger partial charge in [-0.3, -0.25) is 4.79 Å². The van der Waals surface area contributed by atoms with E-state index in [-0.39, 0.29) is 5.69 Å². The first kappa shape index (κ1) is 15.1. The van der Waals surface area contributed by atoms with Crippen LogP contribution in [0.1, 0.15) is 36.2 Å². The van der Waals surface area contributed by atoms with Gasteiger partial charge in [0.15, 0.2) is 12.0 Å². The molecule has 0 unspecified atom stereocenters. The maximum absolute atomic E-state index is 11.3. The van der Waals surface area contributed by atoms with Crippen LogP contribution < -0.4 is 5.73 Å². The summed E-state index contributed by atoms with van der Waals surface area (Å²) in [5, 5.41) is 10.1. The van der Waals surface area contributed by atoms with Gasteiger partial charge in [0.1, 0.15) is 5.69 Å². The summed E-state index contributed by atoms with van der Waals surface area (Å²) in [5.74, 6) is -0.621. The number of nitrogens with zero attached hydrogens (tertiary/aromatic N) is 2. The van der Waals surface area contributed by atoms with Crippen molar-refractivity contribution in [3.63, 3.8) is 0 Å². The quantitative estimate of drug-likeness (QED) is 0.754. The summed E-state index contributed by atoms with van der Waals surface area (Å²) in [6.07, 6.45) is -0.401. The Labute approximate surface area is 122 Å². The monoisotopic (exact) mass is 290 g/mol. The van der Waals surface area contributed by atoms with Gasteiger partial charge in [-0.2, -0.15) is 15.4 Å². The number of rotatable bonds is 7. The zero-order valence-electron chi connectivity index (χ0n) is 12.0. The van der Waals surface area contributed by atoms with Crippen molar-refractivity contribution in [1.29, 1.82) is 0 Å². The number of benzene rings is 1. The van der Waals surface area contributed by atoms with Crippen LogP contribution in [0.3, 0.4) is 0 Å². The minimum absolute atomic E-state index is 0.119. The molecule has 0 saturated carbocycles. The number of carbonyl (C=O) groups is 1. The molecule has 0 aliphatic heterocycles. The molecule has 21 heavy (non-hydrogen) atoms. The fraction of sp³-hybridized carbons (Fsp3) is 0.357. The number of aromatic amines is 1. The molecule has 0 aliphatic carbocycles. The first-order valence-electron chi connectivity index (χ1n) is 6.71. The van der Waals surface area contributed by atoms with Crippen LogP contribution in [0.4, 0.5) is 0 Å². The number of hydrogen-bond acceptors (Lipinski definition) is 5. The van der Waals surface area contributed by atoms with E-state index in [1.165, 1.54) is 0 Å². The minimum Gasteiger partial charge on any atom is -0.364 e. The Morgan fingerprint density at radius 2 is 1.81 bits per heavy atom. The SMILES string of the molecule is CCOC(OCC)c1ccc(-c2n[nH]nc2C(N)=O)cc1. The van der Waals surface area contributed by atoms with Crippen molar-refractivity contribution in [2.45, 2.75) is 20.1 Å². The van der Waals surface area contributed by atoms with Gasteiger partial charge in [-0.25, -0.2) is 0 Å². The highest BCUT2D eigenvalue weighted by Crippen LogP contribution is 2.24. The Kier molecular flexibility index (Phi) is 5.02. The van der Waals surface area contributed by atoms with Gasteiger partial charge in [-0.1, -0.05) is 24.3 Å². The molecule has 0 fully saturated rings. The van der Waals surface area contributed by atoms with Crippen molar-refractivity contribution in [2.24, 2.45) is 5.73 Å². The van der Waals surface area contributed by atoms with Gasteiger partial charge < -0.3 is 15.2 Å². The third-order valence-electron chi connectivity index (χ3n) is 2.87. The smallest absolute Gasteiger partial charge is 0.271 e. The van der Waals surface area contributed by atoms with E-state index in [2.05, 4.69) is 15.4 Å². The highest BCUT2D eigenvalue weighted by atomic mass is 16.7. The predicted molar refractivity (Wildman–Crippen MR) is 76.3 cm³/mol. The van der Waals surface area contributed by atoms with Crippen LogP contribution in [0, 0.1) is 0 Å². The highest BCUT2D eigenvalue weighted by Gasteiger charge is 2.16. The molecule has 0 atom stereocenters. The number of hydrogen-bond donors (Lipinski definition) is 2. The average Bonchev–Trinajstić information content (AvgIpc) is 2.97. The molecule has 2 aromatic rings. The van der Waals surface area contributed by atoms with Gasteiger partial charge in [0.25, 0.3) is 5.91 Å². The molecule has 1 aromatic heterocycles. The number of ether oxygens (including phenoxy) is 2. The van der Waals surface area contributed by atoms with Crippen molar-refractivity contribution in [1.82, 2.24) is 15.4 Å². The lowest BCUT2D eigenvalue weighted by Crippen LogP contribution is -2.12. The zero-order chi connectivity index (χ0) is 15.2. The molecule has 1 heterocycles. The van der Waals surface area contributed by atoms with E-state index in [1.807, 2.05) is 38.1 Å². The lowest BCUT2D eigenvalue weighted by molar-refractivity contribution is -0.140. The van der Waals surface area contributed by atoms with Crippen molar-refractivity contribution in [2.75, 3.05) is 13.2 Å². The molecule has 1 aromatic carbocycles. The number of amides is 1. The van der Waals surface area contributed by atoms with Crippen LogP contribution in [0.15, 0.2) is 24.3 Å². The molecular formula is C14H18N4O3. The lowest BCUT2D eigenvalue weighted by atomic mass is 10.1. The van der Waals surface area contributed by atoms with Gasteiger partial charge in [0.2, 0.25) is 0 Å². The van der Waals surface area contributed by atoms with Crippen LogP contribution >= 0.6 is 0 Å². The molecule has 2 rings (SSSR count). The molecule has 0 aliphatic rings. The number of H-pyrrole nitrogens is 1. The van der Waals surface area contributed by atoms with E-state index in [1.54, 1.807) is 0 Å². The van der Waals surface area contributed by atoms with Gasteiger partial charge >= 0.3 is 0 Å². The molecule has 0 spiro atoms. The molecule has 0 bridgehead atoms. The summed E-state index contributed by atoms with van der Waals surface area (Å²) in [6.45, 7) is 4.94. The molecule has 7 heteroatoms. The standard InChI is InChI=1S/C14H18N4O3/c1-3-20-14(21-4-2)10-7-5-9(6-8-10)11-12(13(15)19)17-18-16-11/h5-8,14H,3-4H2,1-2H3,(H2,15,19)(H,16,17,18). The fourth-order valence-electron chi connectivity index (χ4n) is 1.95. The number of primary amides is 1. The Morgan fingerprint density at radius 3 is 2.33 bits per heavy atom. The Bertz CT molecular complexity index is 589. The Balaban J connectivity index is 2.25. The van der Waals surface area contributed by atoms with Crippen LogP contribution in [-0.4, -0.2) is 34.5 Å². The second-order valence-corrected chi connectivity index (χ2v) is 4.25. The fourth-order valence-corrected chi connectivity index (χ4v) is 1.95. The number of nitrogens with one attached hydrogen (secondary N) is 1. The van der Waals surface area contributed by atoms with Crippen molar-refractivity contribution < 1.29 is 14.3 Å². The first-order chi connectivity index (χ1) is 10.2. The Morgan fingerprint density at radius 1 is 1.19 bits per heavy atom. The Hall–Kier alpha value is -2.25. The van der Waals surface area contributed by atoms with Crippen molar-refractivity contribution in [3.8, 4) is 11.3 Å². The summed E-state index contributed by atoms with van der Waals surface area (Å²) >= 11 is 0. The first-order valence-corrected chi connectivity index (χ1v) is 6.71. The molecule has 1 amide bonds. The van der Waals surface area contributed by atoms with Crippen molar-refractivity contribution in [3.05, 3.63) is 35.5 Å². The molecule has 3 N–H and O–H groups in total. The summed E-state index contributed by atoms with van der Waals surface area (Å²) in [5.41, 5.74) is 7.44. The van der Waals surface area contributed by atoms with Crippen LogP contribution in [0.2, 0.25) is 0 Å². The molecule has 0 saturated heterocycles. The van der Waals surface area contributed by atoms with E-state index in [9.17, 15) is 4.79 Å². The van der Waals surface area contributed by atoms with Gasteiger partial charge in [0.05, 0.1) is 0 Å². The van der Waals surface area contributed by atoms with Crippen LogP contribution in [-0.2, 0) is 9.47 Å². The zero-order valence-corrected chi connectivity index (χ0v) is 12.0. The number of carbonyl (C=O) groups excluding carboxylic acids is 1. The van der Waals surface area contributed by atoms with E-state index in [0.29, 0.717) is 18.9 Å². The number of aromatic nitrogens is 3. The van der Waals surface area contributed by atoms with Gasteiger partial charge in [0, 0.05) is 24.3 Å². The van der Waals surface area contributed by atoms with E-state index in [4.69, 9.17) is 15.2 Å². The largest absolute Gasteiger partial charge is 0.364 e. The third kappa shape index (κ3) is 3.45. The minimum atomic E-state index is -0.621. The maximum Gasteiger partial charge on any atom is 0.271 e. The van der Waals surface area contributed by atoms with E-state index >= 15 is 0 Å². The highest BCUT2D eigenvalue weighted by molar-refractivity contribution is 5.96. The number of nitrogens with two attached hydrogens (primary N) is 1. The second kappa shape index (κ2) is 6.96. The van der Waals surface area contributed by atoms with E-state index in [0.717, 1.165) is 11.1 Å². The predicted octanol–water partition coefficient (Wildman–Crippen LogP) is 1.64. The molecule has 112 valence electrons. The topological polar surface area (TPSA) is 103 Å². The lowest BCUT2D eigenvalue weighted by Gasteiger charge is -2.17. The van der Waals surface area contributed by atoms with Crippen molar-refractivity contribution >= 4 is 5.91 Å². The van der Waals surface area contributed by atoms with E-state index < -0.39 is 12.2 Å². The van der Waals surface area contributed by atoms with Crippen LogP contribution in [0.5, 0.6) is 0 Å². The van der Waals surface area contributed by atoms with Crippen LogP contribution in [0.25, 0.3) is 11.3 Å². The maximum atomic E-state index is 11.3. The second-order valence-electron chi connectivity index (χ2n) is 4.25. The molecule has 7 nitrogen and oxygen atoms in total. The summed E-state index contributed by atoms with van der Waals surface area (Å²) in [6, 6.07) is 7.38. The summed E-state index contributed by atoms with van der Waals surface area (Å²) in [4.78, 5) is 11.3. The normalized spacial score (nSPS) is 11.0.